The fourth-order valence-corrected chi connectivity index (χ4v) is 5.03. The maximum atomic E-state index is 13.4. The Morgan fingerprint density at radius 1 is 0.786 bits per heavy atom. The van der Waals surface area contributed by atoms with Crippen molar-refractivity contribution in [2.45, 2.75) is 27.1 Å². The Labute approximate surface area is 253 Å². The zero-order chi connectivity index (χ0) is 29.8. The van der Waals surface area contributed by atoms with Crippen LogP contribution in [0.1, 0.15) is 27.8 Å². The molecule has 4 aromatic rings. The third-order valence-electron chi connectivity index (χ3n) is 6.46. The molecule has 0 aromatic heterocycles. The van der Waals surface area contributed by atoms with E-state index in [0.29, 0.717) is 33.7 Å². The van der Waals surface area contributed by atoms with Crippen LogP contribution < -0.4 is 19.7 Å². The molecule has 0 radical (unpaired) electrons. The van der Waals surface area contributed by atoms with Crippen molar-refractivity contribution in [3.63, 3.8) is 0 Å². The average molecular weight is 601 g/mol. The highest BCUT2D eigenvalue weighted by molar-refractivity contribution is 6.39. The summed E-state index contributed by atoms with van der Waals surface area (Å²) in [6, 6.07) is 23.9. The standard InChI is InChI=1S/C33H26Cl2N2O5/c1-20-12-21(2)14-23(13-20)18-41-28-5-3-4-22(15-28)16-29-31(38)36-33(40)37(32(29)39)26-8-10-27(11-9-26)42-19-24-6-7-25(34)17-30(24)35/h3-17H,18-19H2,1-2H3,(H,36,38,40)/b29-16-. The summed E-state index contributed by atoms with van der Waals surface area (Å²) in [4.78, 5) is 39.6. The molecule has 1 aliphatic rings. The van der Waals surface area contributed by atoms with E-state index in [-0.39, 0.29) is 17.9 Å². The minimum Gasteiger partial charge on any atom is -0.489 e. The molecule has 4 amide bonds. The number of rotatable bonds is 8. The number of nitrogens with zero attached hydrogens (tertiary/aromatic N) is 1. The fourth-order valence-electron chi connectivity index (χ4n) is 4.56. The van der Waals surface area contributed by atoms with Gasteiger partial charge in [0.05, 0.1) is 5.69 Å². The van der Waals surface area contributed by atoms with Crippen molar-refractivity contribution in [1.29, 1.82) is 0 Å². The summed E-state index contributed by atoms with van der Waals surface area (Å²) in [7, 11) is 0. The number of hydrogen-bond donors (Lipinski definition) is 1. The predicted octanol–water partition coefficient (Wildman–Crippen LogP) is 7.43. The lowest BCUT2D eigenvalue weighted by Crippen LogP contribution is -2.54. The number of urea groups is 1. The highest BCUT2D eigenvalue weighted by Crippen LogP contribution is 2.27. The first kappa shape index (κ1) is 28.9. The van der Waals surface area contributed by atoms with Crippen LogP contribution in [0.3, 0.4) is 0 Å². The van der Waals surface area contributed by atoms with Crippen molar-refractivity contribution in [2.24, 2.45) is 0 Å². The molecule has 1 aliphatic heterocycles. The molecular formula is C33H26Cl2N2O5. The maximum absolute atomic E-state index is 13.4. The molecule has 7 nitrogen and oxygen atoms in total. The van der Waals surface area contributed by atoms with Crippen LogP contribution in [0.2, 0.25) is 10.0 Å². The molecule has 5 rings (SSSR count). The second-order valence-electron chi connectivity index (χ2n) is 9.83. The van der Waals surface area contributed by atoms with Crippen molar-refractivity contribution in [1.82, 2.24) is 5.32 Å². The van der Waals surface area contributed by atoms with E-state index >= 15 is 0 Å². The summed E-state index contributed by atoms with van der Waals surface area (Å²) in [6.07, 6.45) is 1.44. The van der Waals surface area contributed by atoms with Gasteiger partial charge in [-0.3, -0.25) is 14.9 Å². The zero-order valence-corrected chi connectivity index (χ0v) is 24.3. The molecule has 0 spiro atoms. The van der Waals surface area contributed by atoms with Crippen LogP contribution in [0.15, 0.2) is 90.5 Å². The highest BCUT2D eigenvalue weighted by Gasteiger charge is 2.36. The molecule has 4 aromatic carbocycles. The highest BCUT2D eigenvalue weighted by atomic mass is 35.5. The number of aryl methyl sites for hydroxylation is 2. The van der Waals surface area contributed by atoms with Crippen LogP contribution >= 0.6 is 23.2 Å². The molecule has 1 heterocycles. The largest absolute Gasteiger partial charge is 0.489 e. The van der Waals surface area contributed by atoms with Gasteiger partial charge in [0.15, 0.2) is 0 Å². The van der Waals surface area contributed by atoms with Gasteiger partial charge in [-0.2, -0.15) is 0 Å². The zero-order valence-electron chi connectivity index (χ0n) is 22.8. The number of hydrogen-bond acceptors (Lipinski definition) is 5. The first-order chi connectivity index (χ1) is 20.2. The number of imide groups is 2. The molecule has 1 saturated heterocycles. The van der Waals surface area contributed by atoms with E-state index in [4.69, 9.17) is 32.7 Å². The Kier molecular flexibility index (Phi) is 8.61. The SMILES string of the molecule is Cc1cc(C)cc(COc2cccc(/C=C3/C(=O)NC(=O)N(c4ccc(OCc5ccc(Cl)cc5Cl)cc4)C3=O)c2)c1. The van der Waals surface area contributed by atoms with Gasteiger partial charge in [0.2, 0.25) is 0 Å². The van der Waals surface area contributed by atoms with Crippen LogP contribution in [0.25, 0.3) is 6.08 Å². The van der Waals surface area contributed by atoms with Gasteiger partial charge >= 0.3 is 6.03 Å². The topological polar surface area (TPSA) is 84.9 Å². The van der Waals surface area contributed by atoms with Gasteiger partial charge in [0, 0.05) is 15.6 Å². The summed E-state index contributed by atoms with van der Waals surface area (Å²) in [5.74, 6) is -0.441. The van der Waals surface area contributed by atoms with E-state index in [1.165, 1.54) is 6.08 Å². The number of ether oxygens (including phenoxy) is 2. The quantitative estimate of drug-likeness (QED) is 0.168. The van der Waals surface area contributed by atoms with Crippen molar-refractivity contribution in [3.8, 4) is 11.5 Å². The minimum atomic E-state index is -0.839. The van der Waals surface area contributed by atoms with Gasteiger partial charge in [-0.15, -0.1) is 0 Å². The van der Waals surface area contributed by atoms with Crippen LogP contribution in [0, 0.1) is 13.8 Å². The van der Waals surface area contributed by atoms with Gasteiger partial charge in [-0.1, -0.05) is 70.7 Å². The van der Waals surface area contributed by atoms with E-state index in [2.05, 4.69) is 23.5 Å². The van der Waals surface area contributed by atoms with E-state index in [1.54, 1.807) is 66.7 Å². The molecule has 9 heteroatoms. The number of benzene rings is 4. The van der Waals surface area contributed by atoms with Crippen molar-refractivity contribution in [2.75, 3.05) is 4.90 Å². The van der Waals surface area contributed by atoms with Gasteiger partial charge in [0.1, 0.15) is 30.3 Å². The Morgan fingerprint density at radius 3 is 2.21 bits per heavy atom. The molecule has 1 N–H and O–H groups in total. The van der Waals surface area contributed by atoms with Crippen molar-refractivity contribution >= 4 is 52.8 Å². The van der Waals surface area contributed by atoms with Gasteiger partial charge in [-0.05, 0) is 79.6 Å². The maximum Gasteiger partial charge on any atom is 0.335 e. The lowest BCUT2D eigenvalue weighted by Gasteiger charge is -2.26. The smallest absolute Gasteiger partial charge is 0.335 e. The number of nitrogens with one attached hydrogen (secondary N) is 1. The van der Waals surface area contributed by atoms with Gasteiger partial charge in [-0.25, -0.2) is 9.69 Å². The van der Waals surface area contributed by atoms with Crippen LogP contribution in [0.4, 0.5) is 10.5 Å². The lowest BCUT2D eigenvalue weighted by molar-refractivity contribution is -0.122. The number of carbonyl (C=O) groups excluding carboxylic acids is 3. The van der Waals surface area contributed by atoms with Gasteiger partial charge < -0.3 is 9.47 Å². The molecule has 0 saturated carbocycles. The Hall–Kier alpha value is -4.59. The van der Waals surface area contributed by atoms with Crippen molar-refractivity contribution < 1.29 is 23.9 Å². The Balaban J connectivity index is 1.30. The third-order valence-corrected chi connectivity index (χ3v) is 7.05. The Morgan fingerprint density at radius 2 is 1.50 bits per heavy atom. The molecule has 42 heavy (non-hydrogen) atoms. The van der Waals surface area contributed by atoms with Crippen LogP contribution in [-0.2, 0) is 22.8 Å². The van der Waals surface area contributed by atoms with E-state index in [1.807, 2.05) is 13.8 Å². The predicted molar refractivity (Wildman–Crippen MR) is 163 cm³/mol. The van der Waals surface area contributed by atoms with E-state index < -0.39 is 17.8 Å². The monoisotopic (exact) mass is 600 g/mol. The summed E-state index contributed by atoms with van der Waals surface area (Å²) in [6.45, 7) is 4.64. The number of halogens is 2. The summed E-state index contributed by atoms with van der Waals surface area (Å²) < 4.78 is 11.7. The van der Waals surface area contributed by atoms with Gasteiger partial charge in [0.25, 0.3) is 11.8 Å². The second-order valence-corrected chi connectivity index (χ2v) is 10.7. The number of anilines is 1. The molecule has 0 aliphatic carbocycles. The molecule has 0 atom stereocenters. The Bertz CT molecular complexity index is 1700. The molecule has 212 valence electrons. The van der Waals surface area contributed by atoms with Crippen LogP contribution in [-0.4, -0.2) is 17.8 Å². The summed E-state index contributed by atoms with van der Waals surface area (Å²) in [5, 5.41) is 3.25. The van der Waals surface area contributed by atoms with Crippen LogP contribution in [0.5, 0.6) is 11.5 Å². The normalized spacial score (nSPS) is 14.2. The number of amides is 4. The first-order valence-electron chi connectivity index (χ1n) is 13.0. The lowest BCUT2D eigenvalue weighted by atomic mass is 10.1. The summed E-state index contributed by atoms with van der Waals surface area (Å²) in [5.41, 5.74) is 4.76. The summed E-state index contributed by atoms with van der Waals surface area (Å²) >= 11 is 12.1. The fraction of sp³-hybridized carbons (Fsp3) is 0.121. The van der Waals surface area contributed by atoms with Crippen molar-refractivity contribution in [3.05, 3.63) is 128 Å². The molecule has 0 unspecified atom stereocenters. The molecule has 1 fully saturated rings. The van der Waals surface area contributed by atoms with E-state index in [9.17, 15) is 14.4 Å². The minimum absolute atomic E-state index is 0.182. The average Bonchev–Trinajstić information content (AvgIpc) is 2.94. The second kappa shape index (κ2) is 12.5. The van der Waals surface area contributed by atoms with E-state index in [0.717, 1.165) is 27.2 Å². The number of carbonyl (C=O) groups is 3. The molecule has 0 bridgehead atoms. The number of barbiturate groups is 1. The third kappa shape index (κ3) is 6.82. The first-order valence-corrected chi connectivity index (χ1v) is 13.8. The molecular weight excluding hydrogens is 575 g/mol.